The lowest BCUT2D eigenvalue weighted by Crippen LogP contribution is -2.34. The van der Waals surface area contributed by atoms with Gasteiger partial charge in [-0.15, -0.1) is 16.4 Å². The van der Waals surface area contributed by atoms with E-state index in [1.165, 1.54) is 9.56 Å². The topological polar surface area (TPSA) is 76.9 Å². The summed E-state index contributed by atoms with van der Waals surface area (Å²) in [5, 5.41) is 12.0. The largest absolute Gasteiger partial charge is 0.324 e. The van der Waals surface area contributed by atoms with Crippen LogP contribution < -0.4 is 10.9 Å². The molecule has 0 saturated heterocycles. The van der Waals surface area contributed by atoms with Crippen molar-refractivity contribution in [3.63, 3.8) is 0 Å². The quantitative estimate of drug-likeness (QED) is 0.729. The summed E-state index contributed by atoms with van der Waals surface area (Å²) in [5.41, 5.74) is 4.83. The lowest BCUT2D eigenvalue weighted by molar-refractivity contribution is -0.119. The molecule has 3 aromatic rings. The van der Waals surface area contributed by atoms with Crippen molar-refractivity contribution in [2.24, 2.45) is 0 Å². The van der Waals surface area contributed by atoms with Crippen LogP contribution in [-0.4, -0.2) is 20.9 Å². The number of carbonyl (C=O) groups excluding carboxylic acids is 1. The average Bonchev–Trinajstić information content (AvgIpc) is 3.03. The zero-order chi connectivity index (χ0) is 20.0. The average molecular weight is 397 g/mol. The number of thiophene rings is 1. The Hall–Kier alpha value is -2.54. The van der Waals surface area contributed by atoms with Crippen LogP contribution in [0.3, 0.4) is 0 Å². The molecular formula is C21H24N4O2S. The smallest absolute Gasteiger partial charge is 0.279 e. The van der Waals surface area contributed by atoms with Crippen molar-refractivity contribution in [3.8, 4) is 0 Å². The molecule has 6 nitrogen and oxygen atoms in total. The molecular weight excluding hydrogens is 372 g/mol. The fraction of sp³-hybridized carbons (Fsp3) is 0.429. The maximum Gasteiger partial charge on any atom is 0.279 e. The number of nitrogens with one attached hydrogen (secondary N) is 1. The molecule has 2 aromatic heterocycles. The van der Waals surface area contributed by atoms with Crippen molar-refractivity contribution in [2.75, 3.05) is 5.32 Å². The first kappa shape index (κ1) is 18.8. The summed E-state index contributed by atoms with van der Waals surface area (Å²) < 4.78 is 1.22. The lowest BCUT2D eigenvalue weighted by atomic mass is 9.97. The van der Waals surface area contributed by atoms with Gasteiger partial charge < -0.3 is 5.32 Å². The first-order valence-corrected chi connectivity index (χ1v) is 10.5. The van der Waals surface area contributed by atoms with E-state index in [1.807, 2.05) is 32.9 Å². The number of rotatable bonds is 3. The van der Waals surface area contributed by atoms with Crippen molar-refractivity contribution in [1.29, 1.82) is 0 Å². The van der Waals surface area contributed by atoms with E-state index in [1.54, 1.807) is 18.3 Å². The van der Waals surface area contributed by atoms with E-state index in [9.17, 15) is 9.59 Å². The molecule has 0 fully saturated rings. The molecule has 1 aliphatic carbocycles. The molecule has 0 bridgehead atoms. The van der Waals surface area contributed by atoms with E-state index >= 15 is 0 Å². The highest BCUT2D eigenvalue weighted by atomic mass is 32.1. The van der Waals surface area contributed by atoms with Gasteiger partial charge in [0.15, 0.2) is 4.83 Å². The molecule has 7 heteroatoms. The molecule has 28 heavy (non-hydrogen) atoms. The van der Waals surface area contributed by atoms with Gasteiger partial charge in [0.1, 0.15) is 6.04 Å². The Labute approximate surface area is 167 Å². The monoisotopic (exact) mass is 396 g/mol. The third kappa shape index (κ3) is 3.13. The van der Waals surface area contributed by atoms with Crippen molar-refractivity contribution in [2.45, 2.75) is 59.4 Å². The fourth-order valence-electron chi connectivity index (χ4n) is 4.06. The molecule has 0 radical (unpaired) electrons. The molecule has 1 aromatic carbocycles. The van der Waals surface area contributed by atoms with Crippen molar-refractivity contribution in [3.05, 3.63) is 49.6 Å². The normalized spacial score (nSPS) is 14.7. The molecule has 0 unspecified atom stereocenters. The summed E-state index contributed by atoms with van der Waals surface area (Å²) >= 11 is 1.56. The van der Waals surface area contributed by atoms with E-state index in [2.05, 4.69) is 15.6 Å². The number of nitrogens with zero attached hydrogens (tertiary/aromatic N) is 3. The molecule has 146 valence electrons. The number of amides is 1. The predicted molar refractivity (Wildman–Crippen MR) is 112 cm³/mol. The summed E-state index contributed by atoms with van der Waals surface area (Å²) in [6.07, 6.45) is 4.13. The summed E-state index contributed by atoms with van der Waals surface area (Å²) in [7, 11) is 0. The van der Waals surface area contributed by atoms with Crippen LogP contribution in [0.2, 0.25) is 0 Å². The Balaban J connectivity index is 1.69. The van der Waals surface area contributed by atoms with E-state index in [0.29, 0.717) is 10.2 Å². The Kier molecular flexibility index (Phi) is 4.79. The van der Waals surface area contributed by atoms with Crippen LogP contribution in [0.5, 0.6) is 0 Å². The van der Waals surface area contributed by atoms with Gasteiger partial charge in [-0.3, -0.25) is 9.59 Å². The van der Waals surface area contributed by atoms with Gasteiger partial charge in [0.05, 0.1) is 5.39 Å². The second-order valence-corrected chi connectivity index (χ2v) is 8.75. The minimum atomic E-state index is -0.747. The van der Waals surface area contributed by atoms with E-state index in [-0.39, 0.29) is 11.5 Å². The number of hydrogen-bond donors (Lipinski definition) is 1. The second-order valence-electron chi connectivity index (χ2n) is 7.67. The highest BCUT2D eigenvalue weighted by Gasteiger charge is 2.25. The van der Waals surface area contributed by atoms with Crippen LogP contribution >= 0.6 is 11.3 Å². The van der Waals surface area contributed by atoms with Gasteiger partial charge in [-0.1, -0.05) is 22.9 Å². The Morgan fingerprint density at radius 3 is 2.57 bits per heavy atom. The number of aryl methyl sites for hydroxylation is 5. The van der Waals surface area contributed by atoms with Gasteiger partial charge in [-0.05, 0) is 70.1 Å². The molecule has 1 aliphatic rings. The minimum absolute atomic E-state index is 0.218. The predicted octanol–water partition coefficient (Wildman–Crippen LogP) is 3.86. The molecule has 0 aliphatic heterocycles. The minimum Gasteiger partial charge on any atom is -0.324 e. The zero-order valence-corrected chi connectivity index (χ0v) is 17.4. The van der Waals surface area contributed by atoms with Crippen LogP contribution in [-0.2, 0) is 17.6 Å². The van der Waals surface area contributed by atoms with Crippen LogP contribution in [0.15, 0.2) is 16.9 Å². The molecule has 1 N–H and O–H groups in total. The van der Waals surface area contributed by atoms with E-state index < -0.39 is 6.04 Å². The first-order chi connectivity index (χ1) is 13.4. The standard InChI is InChI=1S/C21H24N4O2S/c1-11-9-12(2)18(13(3)10-11)22-19(26)14(4)25-21(27)17-15-7-5-6-8-16(15)28-20(17)23-24-25/h9-10,14H,5-8H2,1-4H3,(H,22,26)/t14-/m1/s1. The van der Waals surface area contributed by atoms with Gasteiger partial charge in [0.2, 0.25) is 5.91 Å². The zero-order valence-electron chi connectivity index (χ0n) is 16.6. The SMILES string of the molecule is Cc1cc(C)c(NC(=O)[C@@H](C)n2nnc3sc4c(c3c2=O)CCCC4)c(C)c1. The van der Waals surface area contributed by atoms with Gasteiger partial charge >= 0.3 is 0 Å². The number of benzene rings is 1. The first-order valence-electron chi connectivity index (χ1n) is 9.65. The summed E-state index contributed by atoms with van der Waals surface area (Å²) in [5.74, 6) is -0.269. The molecule has 0 spiro atoms. The van der Waals surface area contributed by atoms with Crippen molar-refractivity contribution >= 4 is 33.1 Å². The number of anilines is 1. The van der Waals surface area contributed by atoms with Crippen LogP contribution in [0, 0.1) is 20.8 Å². The Morgan fingerprint density at radius 1 is 1.18 bits per heavy atom. The highest BCUT2D eigenvalue weighted by Crippen LogP contribution is 2.33. The van der Waals surface area contributed by atoms with Gasteiger partial charge in [-0.25, -0.2) is 0 Å². The highest BCUT2D eigenvalue weighted by molar-refractivity contribution is 7.18. The maximum absolute atomic E-state index is 13.1. The summed E-state index contributed by atoms with van der Waals surface area (Å²) in [4.78, 5) is 27.9. The number of fused-ring (bicyclic) bond motifs is 3. The third-order valence-corrected chi connectivity index (χ3v) is 6.65. The Morgan fingerprint density at radius 2 is 1.86 bits per heavy atom. The van der Waals surface area contributed by atoms with Gasteiger partial charge in [-0.2, -0.15) is 4.68 Å². The summed E-state index contributed by atoms with van der Waals surface area (Å²) in [6.45, 7) is 7.65. The van der Waals surface area contributed by atoms with Crippen LogP contribution in [0.1, 0.15) is 52.9 Å². The summed E-state index contributed by atoms with van der Waals surface area (Å²) in [6, 6.07) is 3.31. The lowest BCUT2D eigenvalue weighted by Gasteiger charge is -2.17. The van der Waals surface area contributed by atoms with E-state index in [0.717, 1.165) is 53.6 Å². The van der Waals surface area contributed by atoms with Crippen LogP contribution in [0.4, 0.5) is 5.69 Å². The number of aromatic nitrogens is 3. The molecule has 0 saturated carbocycles. The second kappa shape index (κ2) is 7.13. The van der Waals surface area contributed by atoms with E-state index in [4.69, 9.17) is 0 Å². The number of hydrogen-bond acceptors (Lipinski definition) is 5. The number of carbonyl (C=O) groups is 1. The van der Waals surface area contributed by atoms with Crippen molar-refractivity contribution in [1.82, 2.24) is 15.0 Å². The Bertz CT molecular complexity index is 1120. The van der Waals surface area contributed by atoms with Gasteiger partial charge in [0, 0.05) is 10.6 Å². The maximum atomic E-state index is 13.1. The molecule has 1 amide bonds. The molecule has 1 atom stereocenters. The van der Waals surface area contributed by atoms with Crippen molar-refractivity contribution < 1.29 is 4.79 Å². The third-order valence-electron chi connectivity index (χ3n) is 5.48. The molecule has 4 rings (SSSR count). The van der Waals surface area contributed by atoms with Crippen LogP contribution in [0.25, 0.3) is 10.2 Å². The van der Waals surface area contributed by atoms with Gasteiger partial charge in [0.25, 0.3) is 5.56 Å². The fourth-order valence-corrected chi connectivity index (χ4v) is 5.25. The molecule has 2 heterocycles.